The van der Waals surface area contributed by atoms with Crippen molar-refractivity contribution in [1.82, 2.24) is 10.6 Å². The second-order valence-electron chi connectivity index (χ2n) is 5.02. The van der Waals surface area contributed by atoms with Crippen LogP contribution in [-0.4, -0.2) is 25.5 Å². The minimum absolute atomic E-state index is 0.0789. The van der Waals surface area contributed by atoms with Crippen LogP contribution >= 0.6 is 11.3 Å². The molecule has 1 aliphatic carbocycles. The number of likely N-dealkylation sites (N-methyl/N-ethyl adjacent to an activating group) is 1. The lowest BCUT2D eigenvalue weighted by molar-refractivity contribution is 0.0954. The number of fused-ring (bicyclic) bond motifs is 1. The van der Waals surface area contributed by atoms with Gasteiger partial charge in [0.2, 0.25) is 0 Å². The van der Waals surface area contributed by atoms with Gasteiger partial charge >= 0.3 is 0 Å². The molecule has 1 unspecified atom stereocenters. The molecule has 0 bridgehead atoms. The van der Waals surface area contributed by atoms with E-state index in [4.69, 9.17) is 0 Å². The van der Waals surface area contributed by atoms with Crippen LogP contribution in [0.15, 0.2) is 6.07 Å². The molecule has 1 aliphatic rings. The summed E-state index contributed by atoms with van der Waals surface area (Å²) in [6.07, 6.45) is 6.15. The molecule has 0 saturated carbocycles. The third-order valence-corrected chi connectivity index (χ3v) is 4.77. The van der Waals surface area contributed by atoms with Crippen molar-refractivity contribution in [2.24, 2.45) is 0 Å². The Hall–Kier alpha value is -0.870. The van der Waals surface area contributed by atoms with E-state index in [1.54, 1.807) is 11.3 Å². The highest BCUT2D eigenvalue weighted by molar-refractivity contribution is 7.14. The fourth-order valence-electron chi connectivity index (χ4n) is 2.21. The molecule has 18 heavy (non-hydrogen) atoms. The lowest BCUT2D eigenvalue weighted by atomic mass is 10.1. The van der Waals surface area contributed by atoms with Crippen LogP contribution in [0.5, 0.6) is 0 Å². The summed E-state index contributed by atoms with van der Waals surface area (Å²) < 4.78 is 0. The number of aryl methyl sites for hydroxylation is 2. The van der Waals surface area contributed by atoms with E-state index < -0.39 is 0 Å². The predicted octanol–water partition coefficient (Wildman–Crippen LogP) is 2.35. The lowest BCUT2D eigenvalue weighted by Crippen LogP contribution is -2.36. The normalized spacial score (nSPS) is 16.8. The van der Waals surface area contributed by atoms with E-state index >= 15 is 0 Å². The third kappa shape index (κ3) is 3.33. The fourth-order valence-corrected chi connectivity index (χ4v) is 3.38. The highest BCUT2D eigenvalue weighted by Crippen LogP contribution is 2.28. The Morgan fingerprint density at radius 2 is 2.17 bits per heavy atom. The zero-order chi connectivity index (χ0) is 13.0. The molecule has 1 heterocycles. The molecule has 0 radical (unpaired) electrons. The van der Waals surface area contributed by atoms with Crippen LogP contribution in [0.4, 0.5) is 0 Å². The van der Waals surface area contributed by atoms with Crippen LogP contribution in [0.1, 0.15) is 46.3 Å². The van der Waals surface area contributed by atoms with Crippen molar-refractivity contribution < 1.29 is 4.79 Å². The number of thiophene rings is 1. The van der Waals surface area contributed by atoms with E-state index in [2.05, 4.69) is 23.6 Å². The second-order valence-corrected chi connectivity index (χ2v) is 6.16. The van der Waals surface area contributed by atoms with Crippen LogP contribution in [0.2, 0.25) is 0 Å². The molecule has 0 aromatic carbocycles. The van der Waals surface area contributed by atoms with Crippen molar-refractivity contribution >= 4 is 17.2 Å². The Morgan fingerprint density at radius 1 is 1.39 bits per heavy atom. The Kier molecular flexibility index (Phi) is 4.78. The quantitative estimate of drug-likeness (QED) is 0.821. The minimum Gasteiger partial charge on any atom is -0.350 e. The summed E-state index contributed by atoms with van der Waals surface area (Å²) in [5.74, 6) is 0.0789. The minimum atomic E-state index is 0.0789. The molecule has 0 saturated heterocycles. The smallest absolute Gasteiger partial charge is 0.261 e. The molecule has 100 valence electrons. The maximum absolute atomic E-state index is 12.0. The second kappa shape index (κ2) is 6.34. The van der Waals surface area contributed by atoms with Crippen LogP contribution in [0.3, 0.4) is 0 Å². The van der Waals surface area contributed by atoms with Crippen molar-refractivity contribution in [3.8, 4) is 0 Å². The van der Waals surface area contributed by atoms with Gasteiger partial charge in [0.05, 0.1) is 4.88 Å². The van der Waals surface area contributed by atoms with Gasteiger partial charge in [-0.15, -0.1) is 11.3 Å². The molecule has 0 spiro atoms. The molecule has 1 amide bonds. The van der Waals surface area contributed by atoms with Gasteiger partial charge in [-0.25, -0.2) is 0 Å². The summed E-state index contributed by atoms with van der Waals surface area (Å²) in [7, 11) is 1.91. The van der Waals surface area contributed by atoms with Gasteiger partial charge in [0.15, 0.2) is 0 Å². The molecule has 3 nitrogen and oxygen atoms in total. The first kappa shape index (κ1) is 13.6. The first-order valence-electron chi connectivity index (χ1n) is 6.77. The number of carbonyl (C=O) groups is 1. The van der Waals surface area contributed by atoms with Crippen LogP contribution in [0.25, 0.3) is 0 Å². The SMILES string of the molecule is CNC(C)CNC(=O)c1cc2c(s1)CCCCC2. The Labute approximate surface area is 113 Å². The molecule has 0 aliphatic heterocycles. The van der Waals surface area contributed by atoms with Gasteiger partial charge in [-0.2, -0.15) is 0 Å². The number of amides is 1. The molecule has 0 fully saturated rings. The summed E-state index contributed by atoms with van der Waals surface area (Å²) in [5, 5.41) is 6.10. The number of carbonyl (C=O) groups excluding carboxylic acids is 1. The molecular formula is C14H22N2OS. The summed E-state index contributed by atoms with van der Waals surface area (Å²) >= 11 is 1.68. The summed E-state index contributed by atoms with van der Waals surface area (Å²) in [5.41, 5.74) is 1.41. The van der Waals surface area contributed by atoms with Crippen LogP contribution < -0.4 is 10.6 Å². The maximum Gasteiger partial charge on any atom is 0.261 e. The van der Waals surface area contributed by atoms with E-state index in [0.717, 1.165) is 17.7 Å². The molecular weight excluding hydrogens is 244 g/mol. The standard InChI is InChI=1S/C14H22N2OS/c1-10(15-2)9-16-14(17)13-8-11-6-4-3-5-7-12(11)18-13/h8,10,15H,3-7,9H2,1-2H3,(H,16,17). The average molecular weight is 266 g/mol. The van der Waals surface area contributed by atoms with E-state index in [0.29, 0.717) is 12.6 Å². The van der Waals surface area contributed by atoms with E-state index in [1.165, 1.54) is 29.7 Å². The first-order valence-corrected chi connectivity index (χ1v) is 7.59. The first-order chi connectivity index (χ1) is 8.70. The Balaban J connectivity index is 1.98. The highest BCUT2D eigenvalue weighted by Gasteiger charge is 2.16. The predicted molar refractivity (Wildman–Crippen MR) is 76.4 cm³/mol. The fraction of sp³-hybridized carbons (Fsp3) is 0.643. The van der Waals surface area contributed by atoms with Crippen molar-refractivity contribution in [3.63, 3.8) is 0 Å². The highest BCUT2D eigenvalue weighted by atomic mass is 32.1. The Bertz CT molecular complexity index is 390. The van der Waals surface area contributed by atoms with Gasteiger partial charge in [-0.05, 0) is 51.3 Å². The average Bonchev–Trinajstić information content (AvgIpc) is 2.67. The molecule has 1 aromatic heterocycles. The van der Waals surface area contributed by atoms with Gasteiger partial charge in [0, 0.05) is 17.5 Å². The molecule has 2 N–H and O–H groups in total. The molecule has 1 aromatic rings. The van der Waals surface area contributed by atoms with E-state index in [-0.39, 0.29) is 5.91 Å². The van der Waals surface area contributed by atoms with E-state index in [9.17, 15) is 4.79 Å². The van der Waals surface area contributed by atoms with Gasteiger partial charge in [0.25, 0.3) is 5.91 Å². The number of nitrogens with one attached hydrogen (secondary N) is 2. The molecule has 1 atom stereocenters. The number of hydrogen-bond donors (Lipinski definition) is 2. The van der Waals surface area contributed by atoms with Gasteiger partial charge < -0.3 is 10.6 Å². The Morgan fingerprint density at radius 3 is 2.94 bits per heavy atom. The van der Waals surface area contributed by atoms with Crippen molar-refractivity contribution in [2.45, 2.75) is 45.1 Å². The van der Waals surface area contributed by atoms with Crippen LogP contribution in [-0.2, 0) is 12.8 Å². The van der Waals surface area contributed by atoms with Gasteiger partial charge in [-0.3, -0.25) is 4.79 Å². The zero-order valence-electron chi connectivity index (χ0n) is 11.2. The van der Waals surface area contributed by atoms with Gasteiger partial charge in [0.1, 0.15) is 0 Å². The molecule has 2 rings (SSSR count). The van der Waals surface area contributed by atoms with Crippen molar-refractivity contribution in [2.75, 3.05) is 13.6 Å². The van der Waals surface area contributed by atoms with Gasteiger partial charge in [-0.1, -0.05) is 6.42 Å². The van der Waals surface area contributed by atoms with Crippen molar-refractivity contribution in [1.29, 1.82) is 0 Å². The monoisotopic (exact) mass is 266 g/mol. The largest absolute Gasteiger partial charge is 0.350 e. The van der Waals surface area contributed by atoms with Crippen molar-refractivity contribution in [3.05, 3.63) is 21.4 Å². The maximum atomic E-state index is 12.0. The summed E-state index contributed by atoms with van der Waals surface area (Å²) in [6, 6.07) is 2.41. The number of rotatable bonds is 4. The third-order valence-electron chi connectivity index (χ3n) is 3.53. The molecule has 4 heteroatoms. The van der Waals surface area contributed by atoms with E-state index in [1.807, 2.05) is 7.05 Å². The topological polar surface area (TPSA) is 41.1 Å². The summed E-state index contributed by atoms with van der Waals surface area (Å²) in [6.45, 7) is 2.74. The summed E-state index contributed by atoms with van der Waals surface area (Å²) in [4.78, 5) is 14.4. The zero-order valence-corrected chi connectivity index (χ0v) is 12.0. The number of hydrogen-bond acceptors (Lipinski definition) is 3. The lowest BCUT2D eigenvalue weighted by Gasteiger charge is -2.10. The van der Waals surface area contributed by atoms with Crippen LogP contribution in [0, 0.1) is 0 Å².